The Kier molecular flexibility index (Phi) is 6.39. The fourth-order valence-electron chi connectivity index (χ4n) is 2.24. The molecular weight excluding hydrogens is 280 g/mol. The smallest absolute Gasteiger partial charge is 0.119 e. The standard InChI is InChI=1S/C16H24N4O2/c1-20(8-7-17)12-14-11-18-19-16(14)13-3-5-15(6-4-13)22-10-2-9-21/h3-6,11,21H,2,7-10,12,17H2,1H3,(H,18,19). The van der Waals surface area contributed by atoms with Crippen molar-refractivity contribution < 1.29 is 9.84 Å². The van der Waals surface area contributed by atoms with Gasteiger partial charge in [0.15, 0.2) is 0 Å². The Bertz CT molecular complexity index is 554. The summed E-state index contributed by atoms with van der Waals surface area (Å²) < 4.78 is 5.54. The van der Waals surface area contributed by atoms with Crippen LogP contribution in [0.15, 0.2) is 30.5 Å². The number of aliphatic hydroxyl groups is 1. The number of rotatable bonds is 9. The monoisotopic (exact) mass is 304 g/mol. The van der Waals surface area contributed by atoms with Gasteiger partial charge in [-0.2, -0.15) is 5.10 Å². The van der Waals surface area contributed by atoms with Crippen molar-refractivity contribution in [2.75, 3.05) is 33.4 Å². The van der Waals surface area contributed by atoms with Gasteiger partial charge in [0.25, 0.3) is 0 Å². The highest BCUT2D eigenvalue weighted by Crippen LogP contribution is 2.24. The van der Waals surface area contributed by atoms with Gasteiger partial charge < -0.3 is 20.5 Å². The number of aliphatic hydroxyl groups excluding tert-OH is 1. The van der Waals surface area contributed by atoms with Crippen molar-refractivity contribution >= 4 is 0 Å². The number of nitrogens with two attached hydrogens (primary N) is 1. The molecule has 0 saturated carbocycles. The van der Waals surface area contributed by atoms with E-state index in [4.69, 9.17) is 15.6 Å². The van der Waals surface area contributed by atoms with E-state index in [0.29, 0.717) is 19.6 Å². The van der Waals surface area contributed by atoms with E-state index in [1.807, 2.05) is 37.5 Å². The van der Waals surface area contributed by atoms with Crippen LogP contribution in [0.3, 0.4) is 0 Å². The molecule has 6 heteroatoms. The summed E-state index contributed by atoms with van der Waals surface area (Å²) in [6, 6.07) is 7.84. The maximum atomic E-state index is 8.75. The minimum absolute atomic E-state index is 0.144. The summed E-state index contributed by atoms with van der Waals surface area (Å²) in [6.07, 6.45) is 2.56. The molecule has 0 unspecified atom stereocenters. The first-order chi connectivity index (χ1) is 10.7. The Labute approximate surface area is 130 Å². The van der Waals surface area contributed by atoms with Gasteiger partial charge in [0, 0.05) is 50.0 Å². The van der Waals surface area contributed by atoms with Gasteiger partial charge >= 0.3 is 0 Å². The zero-order chi connectivity index (χ0) is 15.8. The van der Waals surface area contributed by atoms with Gasteiger partial charge in [-0.05, 0) is 31.3 Å². The summed E-state index contributed by atoms with van der Waals surface area (Å²) >= 11 is 0. The molecule has 1 aromatic carbocycles. The summed E-state index contributed by atoms with van der Waals surface area (Å²) in [5.74, 6) is 0.800. The third-order valence-corrected chi connectivity index (χ3v) is 3.37. The summed E-state index contributed by atoms with van der Waals surface area (Å²) in [5, 5.41) is 16.0. The third kappa shape index (κ3) is 4.56. The summed E-state index contributed by atoms with van der Waals surface area (Å²) in [6.45, 7) is 2.96. The molecule has 0 fully saturated rings. The van der Waals surface area contributed by atoms with Gasteiger partial charge in [-0.25, -0.2) is 0 Å². The van der Waals surface area contributed by atoms with Crippen LogP contribution in [0.25, 0.3) is 11.3 Å². The van der Waals surface area contributed by atoms with Crippen molar-refractivity contribution in [2.24, 2.45) is 5.73 Å². The van der Waals surface area contributed by atoms with E-state index in [2.05, 4.69) is 15.1 Å². The SMILES string of the molecule is CN(CCN)Cc1c[nH]nc1-c1ccc(OCCCO)cc1. The molecule has 0 radical (unpaired) electrons. The molecule has 0 aliphatic rings. The van der Waals surface area contributed by atoms with Crippen LogP contribution >= 0.6 is 0 Å². The Balaban J connectivity index is 2.04. The molecule has 1 aromatic heterocycles. The summed E-state index contributed by atoms with van der Waals surface area (Å²) in [4.78, 5) is 2.17. The first-order valence-corrected chi connectivity index (χ1v) is 7.50. The van der Waals surface area contributed by atoms with Gasteiger partial charge in [0.05, 0.1) is 12.3 Å². The topological polar surface area (TPSA) is 87.4 Å². The lowest BCUT2D eigenvalue weighted by atomic mass is 10.1. The molecule has 0 spiro atoms. The second-order valence-electron chi connectivity index (χ2n) is 5.24. The van der Waals surface area contributed by atoms with Gasteiger partial charge in [-0.15, -0.1) is 0 Å². The molecule has 2 aromatic rings. The fourth-order valence-corrected chi connectivity index (χ4v) is 2.24. The predicted octanol–water partition coefficient (Wildman–Crippen LogP) is 1.23. The van der Waals surface area contributed by atoms with Gasteiger partial charge in [0.2, 0.25) is 0 Å². The maximum absolute atomic E-state index is 8.75. The average molecular weight is 304 g/mol. The van der Waals surface area contributed by atoms with Crippen molar-refractivity contribution in [1.29, 1.82) is 0 Å². The van der Waals surface area contributed by atoms with Crippen LogP contribution in [0.1, 0.15) is 12.0 Å². The molecule has 0 atom stereocenters. The second-order valence-corrected chi connectivity index (χ2v) is 5.24. The van der Waals surface area contributed by atoms with Gasteiger partial charge in [0.1, 0.15) is 5.75 Å². The molecule has 120 valence electrons. The zero-order valence-electron chi connectivity index (χ0n) is 13.0. The number of H-pyrrole nitrogens is 1. The molecule has 22 heavy (non-hydrogen) atoms. The van der Waals surface area contributed by atoms with E-state index in [0.717, 1.165) is 35.7 Å². The average Bonchev–Trinajstić information content (AvgIpc) is 2.96. The molecule has 4 N–H and O–H groups in total. The molecule has 0 aliphatic carbocycles. The fraction of sp³-hybridized carbons (Fsp3) is 0.438. The largest absolute Gasteiger partial charge is 0.494 e. The number of benzene rings is 1. The van der Waals surface area contributed by atoms with Crippen LogP contribution in [0.5, 0.6) is 5.75 Å². The first-order valence-electron chi connectivity index (χ1n) is 7.50. The van der Waals surface area contributed by atoms with Crippen LogP contribution in [-0.4, -0.2) is 53.6 Å². The lowest BCUT2D eigenvalue weighted by Gasteiger charge is -2.15. The number of likely N-dealkylation sites (N-methyl/N-ethyl adjacent to an activating group) is 1. The van der Waals surface area contributed by atoms with Crippen molar-refractivity contribution in [3.05, 3.63) is 36.0 Å². The van der Waals surface area contributed by atoms with E-state index in [1.165, 1.54) is 0 Å². The normalized spacial score (nSPS) is 11.1. The third-order valence-electron chi connectivity index (χ3n) is 3.37. The molecule has 0 amide bonds. The van der Waals surface area contributed by atoms with Gasteiger partial charge in [-0.1, -0.05) is 0 Å². The molecule has 1 heterocycles. The summed E-state index contributed by atoms with van der Waals surface area (Å²) in [5.41, 5.74) is 8.72. The van der Waals surface area contributed by atoms with Crippen molar-refractivity contribution in [3.63, 3.8) is 0 Å². The number of nitrogens with one attached hydrogen (secondary N) is 1. The highest BCUT2D eigenvalue weighted by Gasteiger charge is 2.10. The molecule has 0 bridgehead atoms. The number of hydrogen-bond donors (Lipinski definition) is 3. The predicted molar refractivity (Wildman–Crippen MR) is 86.6 cm³/mol. The Morgan fingerprint density at radius 2 is 2.09 bits per heavy atom. The number of hydrogen-bond acceptors (Lipinski definition) is 5. The van der Waals surface area contributed by atoms with Gasteiger partial charge in [-0.3, -0.25) is 5.10 Å². The summed E-state index contributed by atoms with van der Waals surface area (Å²) in [7, 11) is 2.04. The van der Waals surface area contributed by atoms with Crippen LogP contribution in [-0.2, 0) is 6.54 Å². The number of ether oxygens (including phenoxy) is 1. The maximum Gasteiger partial charge on any atom is 0.119 e. The van der Waals surface area contributed by atoms with Crippen molar-refractivity contribution in [1.82, 2.24) is 15.1 Å². The van der Waals surface area contributed by atoms with Crippen LogP contribution in [0.2, 0.25) is 0 Å². The minimum Gasteiger partial charge on any atom is -0.494 e. The molecule has 2 rings (SSSR count). The highest BCUT2D eigenvalue weighted by molar-refractivity contribution is 5.63. The van der Waals surface area contributed by atoms with E-state index in [9.17, 15) is 0 Å². The van der Waals surface area contributed by atoms with E-state index in [1.54, 1.807) is 0 Å². The first kappa shape index (κ1) is 16.5. The lowest BCUT2D eigenvalue weighted by Crippen LogP contribution is -2.25. The second kappa shape index (κ2) is 8.53. The van der Waals surface area contributed by atoms with Crippen LogP contribution < -0.4 is 10.5 Å². The van der Waals surface area contributed by atoms with Crippen LogP contribution in [0, 0.1) is 0 Å². The Hall–Kier alpha value is -1.89. The Morgan fingerprint density at radius 3 is 2.77 bits per heavy atom. The van der Waals surface area contributed by atoms with E-state index < -0.39 is 0 Å². The number of aromatic amines is 1. The zero-order valence-corrected chi connectivity index (χ0v) is 13.0. The molecule has 0 aliphatic heterocycles. The highest BCUT2D eigenvalue weighted by atomic mass is 16.5. The molecular formula is C16H24N4O2. The number of nitrogens with zero attached hydrogens (tertiary/aromatic N) is 2. The van der Waals surface area contributed by atoms with E-state index in [-0.39, 0.29) is 6.61 Å². The number of aromatic nitrogens is 2. The molecule has 6 nitrogen and oxygen atoms in total. The lowest BCUT2D eigenvalue weighted by molar-refractivity contribution is 0.233. The van der Waals surface area contributed by atoms with Crippen molar-refractivity contribution in [3.8, 4) is 17.0 Å². The van der Waals surface area contributed by atoms with Crippen LogP contribution in [0.4, 0.5) is 0 Å². The van der Waals surface area contributed by atoms with Crippen molar-refractivity contribution in [2.45, 2.75) is 13.0 Å². The minimum atomic E-state index is 0.144. The van der Waals surface area contributed by atoms with E-state index >= 15 is 0 Å². The quantitative estimate of drug-likeness (QED) is 0.607. The molecule has 0 saturated heterocycles. The Morgan fingerprint density at radius 1 is 1.32 bits per heavy atom.